The van der Waals surface area contributed by atoms with Crippen LogP contribution in [-0.4, -0.2) is 6.61 Å². The van der Waals surface area contributed by atoms with Gasteiger partial charge in [-0.15, -0.1) is 6.58 Å². The van der Waals surface area contributed by atoms with Crippen molar-refractivity contribution in [3.05, 3.63) is 60.2 Å². The third kappa shape index (κ3) is 5.46. The minimum absolute atomic E-state index is 0.622. The molecule has 0 saturated heterocycles. The molecule has 0 amide bonds. The van der Waals surface area contributed by atoms with E-state index in [1.807, 2.05) is 0 Å². The Morgan fingerprint density at radius 3 is 2.50 bits per heavy atom. The number of allylic oxidation sites excluding steroid dienone is 2. The third-order valence-electron chi connectivity index (χ3n) is 4.59. The number of rotatable bonds is 8. The molecule has 1 nitrogen and oxygen atoms in total. The second-order valence-electron chi connectivity index (χ2n) is 6.37. The van der Waals surface area contributed by atoms with Gasteiger partial charge in [0.15, 0.2) is 0 Å². The molecule has 0 aromatic heterocycles. The van der Waals surface area contributed by atoms with Crippen LogP contribution in [-0.2, 0) is 11.3 Å². The molecule has 0 radical (unpaired) electrons. The Kier molecular flexibility index (Phi) is 7.45. The van der Waals surface area contributed by atoms with Gasteiger partial charge in [0.1, 0.15) is 0 Å². The first-order valence-electron chi connectivity index (χ1n) is 8.77. The summed E-state index contributed by atoms with van der Waals surface area (Å²) in [5.41, 5.74) is 2.75. The fraction of sp³-hybridized carbons (Fsp3) is 0.524. The molecule has 0 heterocycles. The van der Waals surface area contributed by atoms with E-state index in [2.05, 4.69) is 49.9 Å². The van der Waals surface area contributed by atoms with E-state index in [9.17, 15) is 0 Å². The second-order valence-corrected chi connectivity index (χ2v) is 6.37. The molecule has 120 valence electrons. The van der Waals surface area contributed by atoms with Gasteiger partial charge in [-0.2, -0.15) is 0 Å². The Morgan fingerprint density at radius 2 is 1.86 bits per heavy atom. The number of benzene rings is 1. The van der Waals surface area contributed by atoms with Gasteiger partial charge < -0.3 is 4.74 Å². The quantitative estimate of drug-likeness (QED) is 0.421. The Balaban J connectivity index is 1.79. The second kappa shape index (κ2) is 9.63. The topological polar surface area (TPSA) is 9.23 Å². The Morgan fingerprint density at radius 1 is 1.14 bits per heavy atom. The van der Waals surface area contributed by atoms with Crippen molar-refractivity contribution in [2.45, 2.75) is 58.0 Å². The smallest absolute Gasteiger partial charge is 0.0721 e. The molecule has 0 unspecified atom stereocenters. The standard InChI is InChI=1S/C21H30O/c1-3-5-6-7-18-8-12-20(13-9-18)21-14-10-19(11-15-21)17-22-16-4-2/h4,6-7,10-11,14-15,18,20H,2-3,5,8-9,12-13,16-17H2,1H3/b7-6+/t18-,20-. The minimum Gasteiger partial charge on any atom is -0.373 e. The zero-order valence-corrected chi connectivity index (χ0v) is 14.0. The van der Waals surface area contributed by atoms with E-state index in [0.717, 1.165) is 11.8 Å². The highest BCUT2D eigenvalue weighted by Gasteiger charge is 2.20. The predicted molar refractivity (Wildman–Crippen MR) is 95.0 cm³/mol. The largest absolute Gasteiger partial charge is 0.373 e. The molecular formula is C21H30O. The lowest BCUT2D eigenvalue weighted by atomic mass is 9.78. The van der Waals surface area contributed by atoms with Gasteiger partial charge in [0.05, 0.1) is 13.2 Å². The van der Waals surface area contributed by atoms with E-state index in [-0.39, 0.29) is 0 Å². The zero-order valence-electron chi connectivity index (χ0n) is 14.0. The zero-order chi connectivity index (χ0) is 15.6. The van der Waals surface area contributed by atoms with Gasteiger partial charge in [0.2, 0.25) is 0 Å². The Labute approximate surface area is 136 Å². The molecule has 1 aliphatic carbocycles. The number of hydrogen-bond donors (Lipinski definition) is 0. The third-order valence-corrected chi connectivity index (χ3v) is 4.59. The molecule has 1 saturated carbocycles. The molecule has 1 aromatic carbocycles. The van der Waals surface area contributed by atoms with Crippen molar-refractivity contribution < 1.29 is 4.74 Å². The lowest BCUT2D eigenvalue weighted by Crippen LogP contribution is -2.11. The van der Waals surface area contributed by atoms with Crippen molar-refractivity contribution in [3.63, 3.8) is 0 Å². The van der Waals surface area contributed by atoms with Crippen molar-refractivity contribution in [1.82, 2.24) is 0 Å². The molecule has 1 fully saturated rings. The lowest BCUT2D eigenvalue weighted by Gasteiger charge is -2.27. The maximum Gasteiger partial charge on any atom is 0.0721 e. The van der Waals surface area contributed by atoms with Crippen LogP contribution in [0.3, 0.4) is 0 Å². The number of hydrogen-bond acceptors (Lipinski definition) is 1. The summed E-state index contributed by atoms with van der Waals surface area (Å²) in [4.78, 5) is 0. The summed E-state index contributed by atoms with van der Waals surface area (Å²) in [5.74, 6) is 1.56. The summed E-state index contributed by atoms with van der Waals surface area (Å²) < 4.78 is 5.49. The molecule has 0 bridgehead atoms. The summed E-state index contributed by atoms with van der Waals surface area (Å²) in [5, 5.41) is 0. The Bertz CT molecular complexity index is 449. The fourth-order valence-corrected chi connectivity index (χ4v) is 3.25. The SMILES string of the molecule is C=CCOCc1ccc([C@H]2CC[C@H](/C=C/CCC)CC2)cc1. The average molecular weight is 298 g/mol. The van der Waals surface area contributed by atoms with Crippen LogP contribution in [0, 0.1) is 5.92 Å². The lowest BCUT2D eigenvalue weighted by molar-refractivity contribution is 0.149. The van der Waals surface area contributed by atoms with E-state index in [1.54, 1.807) is 6.08 Å². The fourth-order valence-electron chi connectivity index (χ4n) is 3.25. The molecule has 22 heavy (non-hydrogen) atoms. The van der Waals surface area contributed by atoms with E-state index in [1.165, 1.54) is 49.7 Å². The molecule has 1 heteroatoms. The number of ether oxygens (including phenoxy) is 1. The highest BCUT2D eigenvalue weighted by Crippen LogP contribution is 2.36. The van der Waals surface area contributed by atoms with Crippen LogP contribution < -0.4 is 0 Å². The van der Waals surface area contributed by atoms with E-state index in [0.29, 0.717) is 13.2 Å². The van der Waals surface area contributed by atoms with Gasteiger partial charge in [-0.3, -0.25) is 0 Å². The van der Waals surface area contributed by atoms with Crippen molar-refractivity contribution in [1.29, 1.82) is 0 Å². The maximum absolute atomic E-state index is 5.49. The van der Waals surface area contributed by atoms with Gasteiger partial charge in [-0.25, -0.2) is 0 Å². The first-order chi connectivity index (χ1) is 10.8. The van der Waals surface area contributed by atoms with Gasteiger partial charge in [-0.05, 0) is 55.1 Å². The number of unbranched alkanes of at least 4 members (excludes halogenated alkanes) is 1. The Hall–Kier alpha value is -1.34. The van der Waals surface area contributed by atoms with Crippen LogP contribution >= 0.6 is 0 Å². The highest BCUT2D eigenvalue weighted by molar-refractivity contribution is 5.25. The molecule has 0 aliphatic heterocycles. The molecule has 1 aromatic rings. The molecular weight excluding hydrogens is 268 g/mol. The predicted octanol–water partition coefficient (Wildman–Crippen LogP) is 6.02. The van der Waals surface area contributed by atoms with Crippen LogP contribution in [0.4, 0.5) is 0 Å². The molecule has 0 atom stereocenters. The molecule has 1 aliphatic rings. The van der Waals surface area contributed by atoms with Gasteiger partial charge >= 0.3 is 0 Å². The van der Waals surface area contributed by atoms with Crippen LogP contribution in [0.25, 0.3) is 0 Å². The van der Waals surface area contributed by atoms with Crippen molar-refractivity contribution >= 4 is 0 Å². The van der Waals surface area contributed by atoms with Crippen molar-refractivity contribution in [2.24, 2.45) is 5.92 Å². The van der Waals surface area contributed by atoms with E-state index >= 15 is 0 Å². The van der Waals surface area contributed by atoms with Gasteiger partial charge in [0, 0.05) is 0 Å². The minimum atomic E-state index is 0.622. The first kappa shape index (κ1) is 17.0. The van der Waals surface area contributed by atoms with Crippen LogP contribution in [0.5, 0.6) is 0 Å². The van der Waals surface area contributed by atoms with Crippen molar-refractivity contribution in [3.8, 4) is 0 Å². The summed E-state index contributed by atoms with van der Waals surface area (Å²) >= 11 is 0. The molecule has 2 rings (SSSR count). The highest BCUT2D eigenvalue weighted by atomic mass is 16.5. The summed E-state index contributed by atoms with van der Waals surface area (Å²) in [6.45, 7) is 7.21. The van der Waals surface area contributed by atoms with Gasteiger partial charge in [-0.1, -0.05) is 55.8 Å². The summed E-state index contributed by atoms with van der Waals surface area (Å²) in [7, 11) is 0. The molecule has 0 spiro atoms. The van der Waals surface area contributed by atoms with Crippen molar-refractivity contribution in [2.75, 3.05) is 6.61 Å². The summed E-state index contributed by atoms with van der Waals surface area (Å²) in [6.07, 6.45) is 14.5. The van der Waals surface area contributed by atoms with Gasteiger partial charge in [0.25, 0.3) is 0 Å². The average Bonchev–Trinajstić information content (AvgIpc) is 2.57. The van der Waals surface area contributed by atoms with Crippen LogP contribution in [0.2, 0.25) is 0 Å². The normalized spacial score (nSPS) is 22.0. The monoisotopic (exact) mass is 298 g/mol. The maximum atomic E-state index is 5.49. The van der Waals surface area contributed by atoms with E-state index in [4.69, 9.17) is 4.74 Å². The first-order valence-corrected chi connectivity index (χ1v) is 8.77. The van der Waals surface area contributed by atoms with Crippen LogP contribution in [0.15, 0.2) is 49.1 Å². The van der Waals surface area contributed by atoms with Crippen LogP contribution in [0.1, 0.15) is 62.5 Å². The molecule has 0 N–H and O–H groups in total. The van der Waals surface area contributed by atoms with E-state index < -0.39 is 0 Å². The summed E-state index contributed by atoms with van der Waals surface area (Å²) in [6, 6.07) is 9.02.